The number of unbranched alkanes of at least 4 members (excludes halogenated alkanes) is 2. The third kappa shape index (κ3) is 6.36. The highest BCUT2D eigenvalue weighted by molar-refractivity contribution is 5.74. The Balaban J connectivity index is 1.96. The van der Waals surface area contributed by atoms with E-state index >= 15 is 0 Å². The molecule has 18 heavy (non-hydrogen) atoms. The van der Waals surface area contributed by atoms with Gasteiger partial charge >= 0.3 is 0 Å². The Kier molecular flexibility index (Phi) is 8.01. The van der Waals surface area contributed by atoms with Crippen LogP contribution in [-0.4, -0.2) is 30.4 Å². The molecule has 1 aliphatic rings. The molecule has 1 saturated heterocycles. The Hall–Kier alpha value is -0.610. The second kappa shape index (κ2) is 9.34. The number of nitrogens with one attached hydrogen (secondary N) is 1. The van der Waals surface area contributed by atoms with Crippen molar-refractivity contribution >= 4 is 5.91 Å². The van der Waals surface area contributed by atoms with Gasteiger partial charge in [0.05, 0.1) is 0 Å². The number of nitrogens with zero attached hydrogens (tertiary/aromatic N) is 1. The van der Waals surface area contributed by atoms with E-state index < -0.39 is 0 Å². The van der Waals surface area contributed by atoms with Gasteiger partial charge in [-0.05, 0) is 51.2 Å². The van der Waals surface area contributed by atoms with E-state index in [-0.39, 0.29) is 5.91 Å². The Bertz CT molecular complexity index is 225. The number of carbonyl (C=O) groups is 1. The van der Waals surface area contributed by atoms with Gasteiger partial charge in [-0.15, -0.1) is 0 Å². The molecular weight excluding hydrogens is 226 g/mol. The van der Waals surface area contributed by atoms with Crippen molar-refractivity contribution in [1.29, 1.82) is 0 Å². The number of hydrogen-bond donors (Lipinski definition) is 2. The maximum atomic E-state index is 10.9. The number of rotatable bonds is 8. The second-order valence-corrected chi connectivity index (χ2v) is 5.45. The molecule has 4 heteroatoms. The first-order valence-electron chi connectivity index (χ1n) is 7.48. The quantitative estimate of drug-likeness (QED) is 0.302. The minimum Gasteiger partial charge on any atom is -0.303 e. The lowest BCUT2D eigenvalue weighted by Gasteiger charge is -2.31. The molecule has 3 N–H and O–H groups in total. The molecule has 0 atom stereocenters. The van der Waals surface area contributed by atoms with Gasteiger partial charge in [0.2, 0.25) is 5.91 Å². The standard InChI is InChI=1S/C14H29N3O/c1-2-6-13-8-11-17(12-9-13)10-5-3-4-7-14(18)16-15/h13H,2-12,15H2,1H3,(H,16,18). The summed E-state index contributed by atoms with van der Waals surface area (Å²) in [5, 5.41) is 0. The molecule has 0 unspecified atom stereocenters. The van der Waals surface area contributed by atoms with Crippen molar-refractivity contribution in [2.75, 3.05) is 19.6 Å². The van der Waals surface area contributed by atoms with Crippen molar-refractivity contribution in [3.05, 3.63) is 0 Å². The number of likely N-dealkylation sites (tertiary alicyclic amines) is 1. The molecule has 0 aromatic rings. The van der Waals surface area contributed by atoms with Crippen LogP contribution in [-0.2, 0) is 4.79 Å². The highest BCUT2D eigenvalue weighted by Crippen LogP contribution is 2.21. The highest BCUT2D eigenvalue weighted by atomic mass is 16.2. The summed E-state index contributed by atoms with van der Waals surface area (Å²) >= 11 is 0. The van der Waals surface area contributed by atoms with Crippen molar-refractivity contribution in [3.63, 3.8) is 0 Å². The van der Waals surface area contributed by atoms with Gasteiger partial charge in [-0.3, -0.25) is 10.2 Å². The van der Waals surface area contributed by atoms with Crippen LogP contribution < -0.4 is 11.3 Å². The minimum atomic E-state index is -0.0459. The Morgan fingerprint density at radius 1 is 1.28 bits per heavy atom. The number of hydrazine groups is 1. The average molecular weight is 255 g/mol. The molecule has 1 heterocycles. The molecule has 0 aromatic heterocycles. The average Bonchev–Trinajstić information content (AvgIpc) is 2.40. The summed E-state index contributed by atoms with van der Waals surface area (Å²) < 4.78 is 0. The first-order valence-corrected chi connectivity index (χ1v) is 7.48. The third-order valence-electron chi connectivity index (χ3n) is 3.94. The number of amides is 1. The summed E-state index contributed by atoms with van der Waals surface area (Å²) in [6, 6.07) is 0. The van der Waals surface area contributed by atoms with Crippen LogP contribution in [0.25, 0.3) is 0 Å². The fourth-order valence-electron chi connectivity index (χ4n) is 2.78. The molecule has 1 fully saturated rings. The summed E-state index contributed by atoms with van der Waals surface area (Å²) in [6.07, 6.45) is 9.34. The predicted molar refractivity (Wildman–Crippen MR) is 74.9 cm³/mol. The SMILES string of the molecule is CCCC1CCN(CCCCCC(=O)NN)CC1. The van der Waals surface area contributed by atoms with Gasteiger partial charge in [0.25, 0.3) is 0 Å². The molecule has 0 radical (unpaired) electrons. The maximum Gasteiger partial charge on any atom is 0.233 e. The van der Waals surface area contributed by atoms with Crippen LogP contribution in [0.15, 0.2) is 0 Å². The lowest BCUT2D eigenvalue weighted by molar-refractivity contribution is -0.121. The molecule has 0 aliphatic carbocycles. The van der Waals surface area contributed by atoms with Crippen LogP contribution in [0, 0.1) is 5.92 Å². The number of hydrogen-bond acceptors (Lipinski definition) is 3. The molecule has 4 nitrogen and oxygen atoms in total. The van der Waals surface area contributed by atoms with Crippen LogP contribution in [0.4, 0.5) is 0 Å². The van der Waals surface area contributed by atoms with Gasteiger partial charge in [-0.1, -0.05) is 26.2 Å². The molecular formula is C14H29N3O. The third-order valence-corrected chi connectivity index (χ3v) is 3.94. The van der Waals surface area contributed by atoms with Gasteiger partial charge in [0.1, 0.15) is 0 Å². The van der Waals surface area contributed by atoms with Gasteiger partial charge in [-0.2, -0.15) is 0 Å². The van der Waals surface area contributed by atoms with Crippen molar-refractivity contribution in [2.24, 2.45) is 11.8 Å². The van der Waals surface area contributed by atoms with E-state index in [0.29, 0.717) is 6.42 Å². The molecule has 1 rings (SSSR count). The van der Waals surface area contributed by atoms with Crippen molar-refractivity contribution < 1.29 is 4.79 Å². The van der Waals surface area contributed by atoms with E-state index in [9.17, 15) is 4.79 Å². The van der Waals surface area contributed by atoms with Gasteiger partial charge < -0.3 is 4.90 Å². The Labute approximate surface area is 111 Å². The molecule has 1 amide bonds. The predicted octanol–water partition coefficient (Wildman–Crippen LogP) is 2.05. The van der Waals surface area contributed by atoms with E-state index in [1.165, 1.54) is 51.7 Å². The van der Waals surface area contributed by atoms with Crippen molar-refractivity contribution in [2.45, 2.75) is 58.3 Å². The fourth-order valence-corrected chi connectivity index (χ4v) is 2.78. The smallest absolute Gasteiger partial charge is 0.233 e. The van der Waals surface area contributed by atoms with Crippen molar-refractivity contribution in [3.8, 4) is 0 Å². The summed E-state index contributed by atoms with van der Waals surface area (Å²) in [4.78, 5) is 13.5. The maximum absolute atomic E-state index is 10.9. The Morgan fingerprint density at radius 2 is 2.00 bits per heavy atom. The molecule has 0 spiro atoms. The molecule has 106 valence electrons. The topological polar surface area (TPSA) is 58.4 Å². The summed E-state index contributed by atoms with van der Waals surface area (Å²) in [5.41, 5.74) is 2.17. The largest absolute Gasteiger partial charge is 0.303 e. The van der Waals surface area contributed by atoms with Crippen LogP contribution >= 0.6 is 0 Å². The molecule has 0 aromatic carbocycles. The molecule has 0 saturated carbocycles. The van der Waals surface area contributed by atoms with E-state index in [4.69, 9.17) is 5.84 Å². The number of carbonyl (C=O) groups excluding carboxylic acids is 1. The highest BCUT2D eigenvalue weighted by Gasteiger charge is 2.17. The number of piperidine rings is 1. The Morgan fingerprint density at radius 3 is 2.61 bits per heavy atom. The minimum absolute atomic E-state index is 0.0459. The van der Waals surface area contributed by atoms with Gasteiger partial charge in [0.15, 0.2) is 0 Å². The lowest BCUT2D eigenvalue weighted by Crippen LogP contribution is -2.34. The monoisotopic (exact) mass is 255 g/mol. The zero-order valence-electron chi connectivity index (χ0n) is 11.8. The first-order chi connectivity index (χ1) is 8.76. The van der Waals surface area contributed by atoms with E-state index in [1.807, 2.05) is 0 Å². The molecule has 0 bridgehead atoms. The summed E-state index contributed by atoms with van der Waals surface area (Å²) in [7, 11) is 0. The van der Waals surface area contributed by atoms with Crippen molar-refractivity contribution in [1.82, 2.24) is 10.3 Å². The van der Waals surface area contributed by atoms with Crippen LogP contribution in [0.5, 0.6) is 0 Å². The van der Waals surface area contributed by atoms with E-state index in [1.54, 1.807) is 0 Å². The number of nitrogens with two attached hydrogens (primary N) is 1. The summed E-state index contributed by atoms with van der Waals surface area (Å²) in [6.45, 7) is 6.02. The van der Waals surface area contributed by atoms with Gasteiger partial charge in [-0.25, -0.2) is 5.84 Å². The summed E-state index contributed by atoms with van der Waals surface area (Å²) in [5.74, 6) is 5.96. The fraction of sp³-hybridized carbons (Fsp3) is 0.929. The normalized spacial score (nSPS) is 17.9. The van der Waals surface area contributed by atoms with Gasteiger partial charge in [0, 0.05) is 6.42 Å². The zero-order chi connectivity index (χ0) is 13.2. The first kappa shape index (κ1) is 15.4. The molecule has 1 aliphatic heterocycles. The van der Waals surface area contributed by atoms with E-state index in [0.717, 1.165) is 18.8 Å². The van der Waals surface area contributed by atoms with Crippen LogP contribution in [0.2, 0.25) is 0 Å². The van der Waals surface area contributed by atoms with Crippen LogP contribution in [0.1, 0.15) is 58.3 Å². The lowest BCUT2D eigenvalue weighted by atomic mass is 9.92. The second-order valence-electron chi connectivity index (χ2n) is 5.45. The van der Waals surface area contributed by atoms with Crippen LogP contribution in [0.3, 0.4) is 0 Å². The zero-order valence-corrected chi connectivity index (χ0v) is 11.8. The van der Waals surface area contributed by atoms with E-state index in [2.05, 4.69) is 17.2 Å².